The van der Waals surface area contributed by atoms with Crippen LogP contribution in [0.2, 0.25) is 5.15 Å². The van der Waals surface area contributed by atoms with E-state index in [0.29, 0.717) is 6.54 Å². The maximum atomic E-state index is 11.7. The SMILES string of the molecule is CCCCCNC(=O)c1cc([N+](=O)[O-])cnc1Cl. The smallest absolute Gasteiger partial charge is 0.288 e. The van der Waals surface area contributed by atoms with Crippen LogP contribution in [0.4, 0.5) is 5.69 Å². The summed E-state index contributed by atoms with van der Waals surface area (Å²) in [5.74, 6) is -0.438. The molecule has 1 rings (SSSR count). The highest BCUT2D eigenvalue weighted by Gasteiger charge is 2.16. The summed E-state index contributed by atoms with van der Waals surface area (Å²) in [6.07, 6.45) is 3.95. The Morgan fingerprint density at radius 2 is 2.28 bits per heavy atom. The van der Waals surface area contributed by atoms with Crippen LogP contribution in [0, 0.1) is 10.1 Å². The van der Waals surface area contributed by atoms with Crippen LogP contribution in [0.25, 0.3) is 0 Å². The molecule has 1 N–H and O–H groups in total. The lowest BCUT2D eigenvalue weighted by Crippen LogP contribution is -2.25. The molecule has 0 spiro atoms. The third-order valence-corrected chi connectivity index (χ3v) is 2.65. The molecule has 0 unspecified atom stereocenters. The van der Waals surface area contributed by atoms with Crippen molar-refractivity contribution in [2.75, 3.05) is 6.54 Å². The number of carbonyl (C=O) groups is 1. The summed E-state index contributed by atoms with van der Waals surface area (Å²) >= 11 is 5.74. The van der Waals surface area contributed by atoms with Gasteiger partial charge in [-0.3, -0.25) is 14.9 Å². The molecule has 0 aromatic carbocycles. The van der Waals surface area contributed by atoms with Crippen molar-refractivity contribution in [1.82, 2.24) is 10.3 Å². The largest absolute Gasteiger partial charge is 0.352 e. The van der Waals surface area contributed by atoms with Crippen LogP contribution in [0.15, 0.2) is 12.3 Å². The monoisotopic (exact) mass is 271 g/mol. The molecule has 7 heteroatoms. The van der Waals surface area contributed by atoms with Crippen molar-refractivity contribution in [2.45, 2.75) is 26.2 Å². The first-order chi connectivity index (χ1) is 8.56. The van der Waals surface area contributed by atoms with Gasteiger partial charge in [0.05, 0.1) is 10.5 Å². The van der Waals surface area contributed by atoms with E-state index in [4.69, 9.17) is 11.6 Å². The first-order valence-electron chi connectivity index (χ1n) is 5.64. The molecule has 1 amide bonds. The quantitative estimate of drug-likeness (QED) is 0.373. The molecule has 0 aliphatic carbocycles. The van der Waals surface area contributed by atoms with E-state index in [1.807, 2.05) is 0 Å². The number of carbonyl (C=O) groups excluding carboxylic acids is 1. The maximum absolute atomic E-state index is 11.7. The molecule has 0 aliphatic heterocycles. The fraction of sp³-hybridized carbons (Fsp3) is 0.455. The molecule has 0 radical (unpaired) electrons. The Kier molecular flexibility index (Phi) is 5.51. The van der Waals surface area contributed by atoms with E-state index in [2.05, 4.69) is 17.2 Å². The Labute approximate surface area is 110 Å². The van der Waals surface area contributed by atoms with Crippen LogP contribution in [-0.2, 0) is 0 Å². The van der Waals surface area contributed by atoms with Gasteiger partial charge in [-0.25, -0.2) is 4.98 Å². The van der Waals surface area contributed by atoms with Gasteiger partial charge in [0.1, 0.15) is 11.3 Å². The predicted octanol–water partition coefficient (Wildman–Crippen LogP) is 2.56. The summed E-state index contributed by atoms with van der Waals surface area (Å²) in [7, 11) is 0. The van der Waals surface area contributed by atoms with E-state index in [1.54, 1.807) is 0 Å². The van der Waals surface area contributed by atoms with Crippen LogP contribution in [0.1, 0.15) is 36.5 Å². The normalized spacial score (nSPS) is 10.1. The molecular weight excluding hydrogens is 258 g/mol. The Bertz CT molecular complexity index is 451. The topological polar surface area (TPSA) is 85.1 Å². The molecule has 0 saturated heterocycles. The number of nitro groups is 1. The van der Waals surface area contributed by atoms with Gasteiger partial charge in [-0.15, -0.1) is 0 Å². The summed E-state index contributed by atoms with van der Waals surface area (Å²) < 4.78 is 0. The second-order valence-corrected chi connectivity index (χ2v) is 4.11. The number of amides is 1. The molecule has 0 bridgehead atoms. The van der Waals surface area contributed by atoms with Gasteiger partial charge in [0, 0.05) is 12.6 Å². The molecular formula is C11H14ClN3O3. The zero-order chi connectivity index (χ0) is 13.5. The number of aromatic nitrogens is 1. The summed E-state index contributed by atoms with van der Waals surface area (Å²) in [4.78, 5) is 25.3. The number of hydrogen-bond acceptors (Lipinski definition) is 4. The highest BCUT2D eigenvalue weighted by molar-refractivity contribution is 6.32. The standard InChI is InChI=1S/C11H14ClN3O3/c1-2-3-4-5-13-11(16)9-6-8(15(17)18)7-14-10(9)12/h6-7H,2-5H2,1H3,(H,13,16). The first-order valence-corrected chi connectivity index (χ1v) is 6.02. The highest BCUT2D eigenvalue weighted by atomic mass is 35.5. The van der Waals surface area contributed by atoms with Gasteiger partial charge in [-0.2, -0.15) is 0 Å². The van der Waals surface area contributed by atoms with E-state index in [1.165, 1.54) is 0 Å². The summed E-state index contributed by atoms with van der Waals surface area (Å²) in [5, 5.41) is 13.2. The van der Waals surface area contributed by atoms with Crippen LogP contribution in [0.3, 0.4) is 0 Å². The van der Waals surface area contributed by atoms with Crippen LogP contribution < -0.4 is 5.32 Å². The van der Waals surface area contributed by atoms with Gasteiger partial charge in [0.15, 0.2) is 0 Å². The molecule has 0 fully saturated rings. The average molecular weight is 272 g/mol. The number of pyridine rings is 1. The Hall–Kier alpha value is -1.69. The molecule has 1 heterocycles. The number of nitrogens with one attached hydrogen (secondary N) is 1. The average Bonchev–Trinajstić information content (AvgIpc) is 2.34. The predicted molar refractivity (Wildman–Crippen MR) is 67.8 cm³/mol. The summed E-state index contributed by atoms with van der Waals surface area (Å²) in [5.41, 5.74) is -0.222. The van der Waals surface area contributed by atoms with Crippen molar-refractivity contribution in [2.24, 2.45) is 0 Å². The molecule has 6 nitrogen and oxygen atoms in total. The summed E-state index contributed by atoms with van der Waals surface area (Å²) in [6.45, 7) is 2.58. The van der Waals surface area contributed by atoms with Crippen molar-refractivity contribution >= 4 is 23.2 Å². The van der Waals surface area contributed by atoms with Crippen molar-refractivity contribution in [1.29, 1.82) is 0 Å². The minimum atomic E-state index is -0.614. The Morgan fingerprint density at radius 3 is 2.89 bits per heavy atom. The van der Waals surface area contributed by atoms with Crippen LogP contribution in [0.5, 0.6) is 0 Å². The number of unbranched alkanes of at least 4 members (excludes halogenated alkanes) is 2. The lowest BCUT2D eigenvalue weighted by Gasteiger charge is -2.05. The van der Waals surface area contributed by atoms with Crippen molar-refractivity contribution in [3.05, 3.63) is 33.1 Å². The maximum Gasteiger partial charge on any atom is 0.288 e. The van der Waals surface area contributed by atoms with Gasteiger partial charge in [0.2, 0.25) is 0 Å². The molecule has 98 valence electrons. The van der Waals surface area contributed by atoms with E-state index < -0.39 is 10.8 Å². The highest BCUT2D eigenvalue weighted by Crippen LogP contribution is 2.18. The molecule has 0 atom stereocenters. The Morgan fingerprint density at radius 1 is 1.56 bits per heavy atom. The number of rotatable bonds is 6. The lowest BCUT2D eigenvalue weighted by atomic mass is 10.2. The first kappa shape index (κ1) is 14.4. The van der Waals surface area contributed by atoms with Gasteiger partial charge in [0.25, 0.3) is 11.6 Å². The third-order valence-electron chi connectivity index (χ3n) is 2.35. The summed E-state index contributed by atoms with van der Waals surface area (Å²) in [6, 6.07) is 1.13. The second-order valence-electron chi connectivity index (χ2n) is 3.75. The van der Waals surface area contributed by atoms with Crippen molar-refractivity contribution in [3.63, 3.8) is 0 Å². The third kappa shape index (κ3) is 3.96. The minimum absolute atomic E-state index is 0.0300. The van der Waals surface area contributed by atoms with E-state index >= 15 is 0 Å². The second kappa shape index (κ2) is 6.90. The molecule has 1 aromatic rings. The molecule has 0 aliphatic rings. The fourth-order valence-electron chi connectivity index (χ4n) is 1.37. The van der Waals surface area contributed by atoms with Crippen LogP contribution in [-0.4, -0.2) is 22.4 Å². The fourth-order valence-corrected chi connectivity index (χ4v) is 1.56. The molecule has 0 saturated carbocycles. The zero-order valence-corrected chi connectivity index (χ0v) is 10.7. The minimum Gasteiger partial charge on any atom is -0.352 e. The van der Waals surface area contributed by atoms with Gasteiger partial charge >= 0.3 is 0 Å². The van der Waals surface area contributed by atoms with Gasteiger partial charge in [-0.1, -0.05) is 31.4 Å². The molecule has 1 aromatic heterocycles. The van der Waals surface area contributed by atoms with Gasteiger partial charge in [-0.05, 0) is 6.42 Å². The molecule has 18 heavy (non-hydrogen) atoms. The number of halogens is 1. The lowest BCUT2D eigenvalue weighted by molar-refractivity contribution is -0.385. The van der Waals surface area contributed by atoms with E-state index in [9.17, 15) is 14.9 Å². The van der Waals surface area contributed by atoms with Crippen molar-refractivity contribution < 1.29 is 9.72 Å². The van der Waals surface area contributed by atoms with E-state index in [-0.39, 0.29) is 16.4 Å². The van der Waals surface area contributed by atoms with E-state index in [0.717, 1.165) is 31.5 Å². The Balaban J connectivity index is 2.72. The van der Waals surface area contributed by atoms with Crippen molar-refractivity contribution in [3.8, 4) is 0 Å². The van der Waals surface area contributed by atoms with Crippen LogP contribution >= 0.6 is 11.6 Å². The zero-order valence-electron chi connectivity index (χ0n) is 9.98. The number of nitrogens with zero attached hydrogens (tertiary/aromatic N) is 2. The van der Waals surface area contributed by atoms with Gasteiger partial charge < -0.3 is 5.32 Å². The number of hydrogen-bond donors (Lipinski definition) is 1.